The molecule has 2 fully saturated rings. The van der Waals surface area contributed by atoms with Gasteiger partial charge in [-0.3, -0.25) is 0 Å². The first-order valence-corrected chi connectivity index (χ1v) is 7.39. The maximum Gasteiger partial charge on any atom is 0.159 e. The Hall–Kier alpha value is -1.35. The Kier molecular flexibility index (Phi) is 2.62. The Balaban J connectivity index is 1.83. The highest BCUT2D eigenvalue weighted by atomic mass is 35.5. The summed E-state index contributed by atoms with van der Waals surface area (Å²) in [6, 6.07) is 9.45. The average molecular weight is 274 g/mol. The Bertz CT molecular complexity index is 596. The van der Waals surface area contributed by atoms with Crippen molar-refractivity contribution in [2.45, 2.75) is 43.1 Å². The lowest BCUT2D eigenvalue weighted by molar-refractivity contribution is 0.470. The van der Waals surface area contributed by atoms with Crippen LogP contribution in [0.4, 0.5) is 5.82 Å². The molecule has 0 N–H and O–H groups in total. The van der Waals surface area contributed by atoms with E-state index in [9.17, 15) is 0 Å². The van der Waals surface area contributed by atoms with Crippen LogP contribution >= 0.6 is 11.6 Å². The van der Waals surface area contributed by atoms with Gasteiger partial charge in [0.15, 0.2) is 5.82 Å². The molecule has 2 saturated heterocycles. The molecule has 0 spiro atoms. The Morgan fingerprint density at radius 2 is 1.84 bits per heavy atom. The molecule has 0 saturated carbocycles. The topological polar surface area (TPSA) is 29.0 Å². The summed E-state index contributed by atoms with van der Waals surface area (Å²) in [7, 11) is 0. The van der Waals surface area contributed by atoms with Gasteiger partial charge in [0.2, 0.25) is 0 Å². The van der Waals surface area contributed by atoms with E-state index < -0.39 is 0 Å². The van der Waals surface area contributed by atoms with Crippen molar-refractivity contribution in [2.75, 3.05) is 4.90 Å². The van der Waals surface area contributed by atoms with Crippen LogP contribution in [0.1, 0.15) is 25.7 Å². The maximum absolute atomic E-state index is 6.35. The SMILES string of the molecule is ClC1CC2CCC(C1)N2c1nncc2ccccc12. The molecule has 2 bridgehead atoms. The van der Waals surface area contributed by atoms with Crippen molar-refractivity contribution in [1.29, 1.82) is 0 Å². The number of rotatable bonds is 1. The lowest BCUT2D eigenvalue weighted by Crippen LogP contribution is -2.44. The van der Waals surface area contributed by atoms with Crippen molar-refractivity contribution in [3.63, 3.8) is 0 Å². The van der Waals surface area contributed by atoms with Gasteiger partial charge in [-0.05, 0) is 25.7 Å². The third-order valence-corrected chi connectivity index (χ3v) is 4.83. The van der Waals surface area contributed by atoms with Crippen LogP contribution in [-0.2, 0) is 0 Å². The van der Waals surface area contributed by atoms with Gasteiger partial charge in [0, 0.05) is 28.2 Å². The average Bonchev–Trinajstić information content (AvgIpc) is 2.70. The third kappa shape index (κ3) is 1.79. The number of anilines is 1. The predicted molar refractivity (Wildman–Crippen MR) is 77.7 cm³/mol. The molecule has 2 atom stereocenters. The number of alkyl halides is 1. The van der Waals surface area contributed by atoms with Gasteiger partial charge in [-0.15, -0.1) is 16.7 Å². The molecule has 98 valence electrons. The second kappa shape index (κ2) is 4.34. The van der Waals surface area contributed by atoms with Crippen molar-refractivity contribution in [1.82, 2.24) is 10.2 Å². The van der Waals surface area contributed by atoms with E-state index in [0.29, 0.717) is 17.5 Å². The first-order valence-electron chi connectivity index (χ1n) is 6.96. The van der Waals surface area contributed by atoms with Crippen molar-refractivity contribution in [2.24, 2.45) is 0 Å². The summed E-state index contributed by atoms with van der Waals surface area (Å²) in [5.74, 6) is 1.05. The third-order valence-electron chi connectivity index (χ3n) is 4.47. The van der Waals surface area contributed by atoms with Crippen LogP contribution < -0.4 is 4.90 Å². The zero-order valence-electron chi connectivity index (χ0n) is 10.7. The van der Waals surface area contributed by atoms with Crippen LogP contribution in [0.3, 0.4) is 0 Å². The van der Waals surface area contributed by atoms with Crippen LogP contribution in [-0.4, -0.2) is 27.7 Å². The molecule has 1 aromatic carbocycles. The Morgan fingerprint density at radius 1 is 1.11 bits per heavy atom. The van der Waals surface area contributed by atoms with Gasteiger partial charge >= 0.3 is 0 Å². The highest BCUT2D eigenvalue weighted by Crippen LogP contribution is 2.41. The van der Waals surface area contributed by atoms with Crippen molar-refractivity contribution >= 4 is 28.2 Å². The van der Waals surface area contributed by atoms with E-state index in [-0.39, 0.29) is 0 Å². The number of hydrogen-bond acceptors (Lipinski definition) is 3. The first kappa shape index (κ1) is 11.5. The van der Waals surface area contributed by atoms with Crippen LogP contribution in [0.5, 0.6) is 0 Å². The first-order chi connectivity index (χ1) is 9.33. The molecule has 0 radical (unpaired) electrons. The van der Waals surface area contributed by atoms with E-state index in [0.717, 1.165) is 18.7 Å². The van der Waals surface area contributed by atoms with Crippen molar-refractivity contribution < 1.29 is 0 Å². The zero-order valence-corrected chi connectivity index (χ0v) is 11.4. The van der Waals surface area contributed by atoms with Gasteiger partial charge in [-0.1, -0.05) is 24.3 Å². The largest absolute Gasteiger partial charge is 0.349 e. The van der Waals surface area contributed by atoms with Crippen LogP contribution in [0.2, 0.25) is 0 Å². The number of nitrogens with zero attached hydrogens (tertiary/aromatic N) is 3. The summed E-state index contributed by atoms with van der Waals surface area (Å²) in [6.45, 7) is 0. The number of halogens is 1. The fourth-order valence-electron chi connectivity index (χ4n) is 3.66. The molecule has 2 aliphatic heterocycles. The van der Waals surface area contributed by atoms with Gasteiger partial charge in [-0.25, -0.2) is 0 Å². The molecule has 4 heteroatoms. The van der Waals surface area contributed by atoms with Crippen molar-refractivity contribution in [3.8, 4) is 0 Å². The molecule has 19 heavy (non-hydrogen) atoms. The molecular formula is C15H16ClN3. The van der Waals surface area contributed by atoms with E-state index in [2.05, 4.69) is 33.3 Å². The monoisotopic (exact) mass is 273 g/mol. The number of benzene rings is 1. The van der Waals surface area contributed by atoms with Gasteiger partial charge in [-0.2, -0.15) is 5.10 Å². The van der Waals surface area contributed by atoms with E-state index >= 15 is 0 Å². The van der Waals surface area contributed by atoms with Gasteiger partial charge < -0.3 is 4.90 Å². The Labute approximate surface area is 117 Å². The highest BCUT2D eigenvalue weighted by Gasteiger charge is 2.41. The molecule has 2 unspecified atom stereocenters. The number of fused-ring (bicyclic) bond motifs is 3. The molecule has 3 nitrogen and oxygen atoms in total. The molecule has 4 rings (SSSR count). The fourth-order valence-corrected chi connectivity index (χ4v) is 4.07. The number of aromatic nitrogens is 2. The van der Waals surface area contributed by atoms with Gasteiger partial charge in [0.1, 0.15) is 0 Å². The minimum absolute atomic E-state index is 0.330. The van der Waals surface area contributed by atoms with E-state index in [4.69, 9.17) is 11.6 Å². The molecule has 1 aromatic heterocycles. The normalized spacial score (nSPS) is 29.9. The minimum Gasteiger partial charge on any atom is -0.349 e. The molecule has 0 amide bonds. The second-order valence-electron chi connectivity index (χ2n) is 5.62. The minimum atomic E-state index is 0.330. The van der Waals surface area contributed by atoms with Crippen LogP contribution in [0.25, 0.3) is 10.8 Å². The van der Waals surface area contributed by atoms with E-state index in [1.807, 2.05) is 12.3 Å². The van der Waals surface area contributed by atoms with E-state index in [1.54, 1.807) is 0 Å². The zero-order chi connectivity index (χ0) is 12.8. The van der Waals surface area contributed by atoms with Crippen LogP contribution in [0, 0.1) is 0 Å². The summed E-state index contributed by atoms with van der Waals surface area (Å²) in [4.78, 5) is 2.48. The number of piperidine rings is 1. The lowest BCUT2D eigenvalue weighted by Gasteiger charge is -2.38. The summed E-state index contributed by atoms with van der Waals surface area (Å²) >= 11 is 6.35. The molecular weight excluding hydrogens is 258 g/mol. The molecule has 2 aliphatic rings. The van der Waals surface area contributed by atoms with E-state index in [1.165, 1.54) is 23.6 Å². The molecule has 0 aliphatic carbocycles. The van der Waals surface area contributed by atoms with Crippen LogP contribution in [0.15, 0.2) is 30.5 Å². The number of hydrogen-bond donors (Lipinski definition) is 0. The highest BCUT2D eigenvalue weighted by molar-refractivity contribution is 6.20. The molecule has 3 heterocycles. The van der Waals surface area contributed by atoms with Gasteiger partial charge in [0.05, 0.1) is 6.20 Å². The quantitative estimate of drug-likeness (QED) is 0.746. The Morgan fingerprint density at radius 3 is 2.63 bits per heavy atom. The summed E-state index contributed by atoms with van der Waals surface area (Å²) in [5, 5.41) is 11.3. The second-order valence-corrected chi connectivity index (χ2v) is 6.23. The van der Waals surface area contributed by atoms with Gasteiger partial charge in [0.25, 0.3) is 0 Å². The predicted octanol–water partition coefficient (Wildman–Crippen LogP) is 3.37. The summed E-state index contributed by atoms with van der Waals surface area (Å²) in [6.07, 6.45) is 6.46. The fraction of sp³-hybridized carbons (Fsp3) is 0.467. The lowest BCUT2D eigenvalue weighted by atomic mass is 10.0. The standard InChI is InChI=1S/C15H16ClN3/c16-11-7-12-5-6-13(8-11)19(12)15-14-4-2-1-3-10(14)9-17-18-15/h1-4,9,11-13H,5-8H2. The summed E-state index contributed by atoms with van der Waals surface area (Å²) < 4.78 is 0. The summed E-state index contributed by atoms with van der Waals surface area (Å²) in [5.41, 5.74) is 0. The smallest absolute Gasteiger partial charge is 0.159 e. The van der Waals surface area contributed by atoms with Crippen molar-refractivity contribution in [3.05, 3.63) is 30.5 Å². The maximum atomic E-state index is 6.35. The molecule has 2 aromatic rings.